The second kappa shape index (κ2) is 11.9. The molecule has 154 valence electrons. The van der Waals surface area contributed by atoms with Gasteiger partial charge in [0.1, 0.15) is 0 Å². The molecule has 5 nitrogen and oxygen atoms in total. The SMILES string of the molecule is CN=C(NCCCNC(=O)c1cccs1)NCc1ccc(C(F)(F)F)cc1.I. The predicted molar refractivity (Wildman–Crippen MR) is 116 cm³/mol. The molecule has 2 rings (SSSR count). The molecule has 1 heterocycles. The van der Waals surface area contributed by atoms with Crippen LogP contribution in [0.25, 0.3) is 0 Å². The van der Waals surface area contributed by atoms with Crippen LogP contribution >= 0.6 is 35.3 Å². The maximum Gasteiger partial charge on any atom is 0.416 e. The number of amides is 1. The molecule has 0 radical (unpaired) electrons. The average molecular weight is 526 g/mol. The summed E-state index contributed by atoms with van der Waals surface area (Å²) in [7, 11) is 1.61. The van der Waals surface area contributed by atoms with Crippen LogP contribution < -0.4 is 16.0 Å². The minimum atomic E-state index is -4.33. The summed E-state index contributed by atoms with van der Waals surface area (Å²) in [5.74, 6) is 0.453. The van der Waals surface area contributed by atoms with Crippen LogP contribution in [-0.4, -0.2) is 32.0 Å². The summed E-state index contributed by atoms with van der Waals surface area (Å²) in [5.41, 5.74) is 0.0486. The minimum Gasteiger partial charge on any atom is -0.356 e. The topological polar surface area (TPSA) is 65.5 Å². The van der Waals surface area contributed by atoms with Gasteiger partial charge in [-0.25, -0.2) is 0 Å². The first-order valence-corrected chi connectivity index (χ1v) is 9.20. The third kappa shape index (κ3) is 8.05. The van der Waals surface area contributed by atoms with E-state index in [0.717, 1.165) is 12.1 Å². The third-order valence-electron chi connectivity index (χ3n) is 3.64. The Labute approximate surface area is 182 Å². The van der Waals surface area contributed by atoms with Crippen molar-refractivity contribution in [3.8, 4) is 0 Å². The van der Waals surface area contributed by atoms with Gasteiger partial charge in [0.2, 0.25) is 0 Å². The van der Waals surface area contributed by atoms with Gasteiger partial charge in [-0.1, -0.05) is 18.2 Å². The van der Waals surface area contributed by atoms with Gasteiger partial charge in [-0.3, -0.25) is 9.79 Å². The molecule has 1 amide bonds. The number of alkyl halides is 3. The second-order valence-electron chi connectivity index (χ2n) is 5.63. The van der Waals surface area contributed by atoms with Crippen molar-refractivity contribution in [2.45, 2.75) is 19.1 Å². The summed E-state index contributed by atoms with van der Waals surface area (Å²) in [6.07, 6.45) is -3.62. The molecule has 1 aromatic carbocycles. The van der Waals surface area contributed by atoms with E-state index in [9.17, 15) is 18.0 Å². The molecule has 0 aliphatic carbocycles. The Kier molecular flexibility index (Phi) is 10.3. The van der Waals surface area contributed by atoms with Crippen molar-refractivity contribution in [2.75, 3.05) is 20.1 Å². The number of hydrogen-bond acceptors (Lipinski definition) is 3. The Morgan fingerprint density at radius 2 is 1.75 bits per heavy atom. The fourth-order valence-electron chi connectivity index (χ4n) is 2.21. The highest BCUT2D eigenvalue weighted by Crippen LogP contribution is 2.29. The zero-order valence-corrected chi connectivity index (χ0v) is 18.3. The van der Waals surface area contributed by atoms with Crippen LogP contribution in [-0.2, 0) is 12.7 Å². The zero-order valence-electron chi connectivity index (χ0n) is 15.2. The van der Waals surface area contributed by atoms with E-state index in [1.807, 2.05) is 11.4 Å². The Balaban J connectivity index is 0.00000392. The maximum absolute atomic E-state index is 12.5. The summed E-state index contributed by atoms with van der Waals surface area (Å²) in [6.45, 7) is 1.48. The number of carbonyl (C=O) groups is 1. The number of thiophene rings is 1. The molecule has 0 fully saturated rings. The molecule has 2 aromatic rings. The molecule has 0 aliphatic rings. The third-order valence-corrected chi connectivity index (χ3v) is 4.51. The Morgan fingerprint density at radius 3 is 2.32 bits per heavy atom. The number of nitrogens with one attached hydrogen (secondary N) is 3. The van der Waals surface area contributed by atoms with Crippen LogP contribution in [0.15, 0.2) is 46.8 Å². The molecule has 0 spiro atoms. The van der Waals surface area contributed by atoms with Gasteiger partial charge in [0.25, 0.3) is 5.91 Å². The van der Waals surface area contributed by atoms with E-state index in [1.165, 1.54) is 23.5 Å². The summed E-state index contributed by atoms with van der Waals surface area (Å²) >= 11 is 1.39. The smallest absolute Gasteiger partial charge is 0.356 e. The van der Waals surface area contributed by atoms with Crippen LogP contribution in [0.4, 0.5) is 13.2 Å². The molecule has 0 saturated heterocycles. The highest BCUT2D eigenvalue weighted by atomic mass is 127. The van der Waals surface area contributed by atoms with E-state index in [1.54, 1.807) is 13.1 Å². The van der Waals surface area contributed by atoms with Crippen LogP contribution in [0.3, 0.4) is 0 Å². The normalized spacial score (nSPS) is 11.5. The number of guanidine groups is 1. The number of nitrogens with zero attached hydrogens (tertiary/aromatic N) is 1. The molecule has 1 aromatic heterocycles. The first kappa shape index (κ1) is 24.2. The summed E-state index contributed by atoms with van der Waals surface area (Å²) in [6, 6.07) is 8.58. The molecule has 0 atom stereocenters. The van der Waals surface area contributed by atoms with Gasteiger partial charge >= 0.3 is 6.18 Å². The Bertz CT molecular complexity index is 749. The number of rotatable bonds is 7. The quantitative estimate of drug-likeness (QED) is 0.222. The van der Waals surface area contributed by atoms with E-state index < -0.39 is 11.7 Å². The lowest BCUT2D eigenvalue weighted by molar-refractivity contribution is -0.137. The lowest BCUT2D eigenvalue weighted by Crippen LogP contribution is -2.38. The van der Waals surface area contributed by atoms with Gasteiger partial charge in [-0.05, 0) is 35.6 Å². The van der Waals surface area contributed by atoms with Gasteiger partial charge in [0.05, 0.1) is 10.4 Å². The standard InChI is InChI=1S/C18H21F3N4OS.HI/c1-22-17(24-10-3-9-23-16(26)15-4-2-11-27-15)25-12-13-5-7-14(8-6-13)18(19,20)21;/h2,4-8,11H,3,9-10,12H2,1H3,(H,23,26)(H2,22,24,25);1H. The molecule has 0 unspecified atom stereocenters. The fourth-order valence-corrected chi connectivity index (χ4v) is 2.85. The zero-order chi connectivity index (χ0) is 19.7. The van der Waals surface area contributed by atoms with Gasteiger partial charge in [0.15, 0.2) is 5.96 Å². The fraction of sp³-hybridized carbons (Fsp3) is 0.333. The lowest BCUT2D eigenvalue weighted by Gasteiger charge is -2.13. The molecular weight excluding hydrogens is 504 g/mol. The van der Waals surface area contributed by atoms with E-state index in [-0.39, 0.29) is 29.9 Å². The van der Waals surface area contributed by atoms with Crippen molar-refractivity contribution in [3.63, 3.8) is 0 Å². The van der Waals surface area contributed by atoms with Crippen molar-refractivity contribution < 1.29 is 18.0 Å². The Morgan fingerprint density at radius 1 is 1.07 bits per heavy atom. The van der Waals surface area contributed by atoms with Crippen LogP contribution in [0.2, 0.25) is 0 Å². The van der Waals surface area contributed by atoms with Gasteiger partial charge in [-0.15, -0.1) is 35.3 Å². The molecule has 28 heavy (non-hydrogen) atoms. The van der Waals surface area contributed by atoms with E-state index in [0.29, 0.717) is 42.5 Å². The van der Waals surface area contributed by atoms with E-state index >= 15 is 0 Å². The summed E-state index contributed by atoms with van der Waals surface area (Å²) < 4.78 is 37.6. The first-order valence-electron chi connectivity index (χ1n) is 8.32. The van der Waals surface area contributed by atoms with E-state index in [2.05, 4.69) is 20.9 Å². The summed E-state index contributed by atoms with van der Waals surface area (Å²) in [5, 5.41) is 10.8. The van der Waals surface area contributed by atoms with Crippen molar-refractivity contribution >= 4 is 47.2 Å². The first-order chi connectivity index (χ1) is 12.9. The van der Waals surface area contributed by atoms with Crippen molar-refractivity contribution in [3.05, 3.63) is 57.8 Å². The van der Waals surface area contributed by atoms with Crippen molar-refractivity contribution in [1.29, 1.82) is 0 Å². The number of halogens is 4. The lowest BCUT2D eigenvalue weighted by atomic mass is 10.1. The Hall–Kier alpha value is -1.82. The molecule has 0 saturated carbocycles. The summed E-state index contributed by atoms with van der Waals surface area (Å²) in [4.78, 5) is 16.5. The number of benzene rings is 1. The second-order valence-corrected chi connectivity index (χ2v) is 6.58. The molecule has 0 aliphatic heterocycles. The minimum absolute atomic E-state index is 0. The van der Waals surface area contributed by atoms with Crippen molar-refractivity contribution in [1.82, 2.24) is 16.0 Å². The molecule has 0 bridgehead atoms. The maximum atomic E-state index is 12.5. The van der Waals surface area contributed by atoms with E-state index in [4.69, 9.17) is 0 Å². The van der Waals surface area contributed by atoms with Crippen molar-refractivity contribution in [2.24, 2.45) is 4.99 Å². The number of aliphatic imine (C=N–C) groups is 1. The monoisotopic (exact) mass is 526 g/mol. The van der Waals surface area contributed by atoms with Gasteiger partial charge in [0, 0.05) is 26.7 Å². The van der Waals surface area contributed by atoms with Gasteiger partial charge < -0.3 is 16.0 Å². The van der Waals surface area contributed by atoms with Gasteiger partial charge in [-0.2, -0.15) is 13.2 Å². The van der Waals surface area contributed by atoms with Crippen LogP contribution in [0.5, 0.6) is 0 Å². The highest BCUT2D eigenvalue weighted by Gasteiger charge is 2.29. The largest absolute Gasteiger partial charge is 0.416 e. The molecule has 10 heteroatoms. The molecule has 3 N–H and O–H groups in total. The molecular formula is C18H22F3IN4OS. The number of hydrogen-bond donors (Lipinski definition) is 3. The average Bonchev–Trinajstić information content (AvgIpc) is 3.18. The van der Waals surface area contributed by atoms with Crippen LogP contribution in [0.1, 0.15) is 27.2 Å². The van der Waals surface area contributed by atoms with Crippen LogP contribution in [0, 0.1) is 0 Å². The number of carbonyl (C=O) groups excluding carboxylic acids is 1. The highest BCUT2D eigenvalue weighted by molar-refractivity contribution is 14.0. The predicted octanol–water partition coefficient (Wildman–Crippen LogP) is 3.87.